The van der Waals surface area contributed by atoms with Gasteiger partial charge in [-0.15, -0.1) is 0 Å². The molecule has 0 saturated carbocycles. The fourth-order valence-corrected chi connectivity index (χ4v) is 3.85. The largest absolute Gasteiger partial charge is 0.388 e. The normalized spacial score (nSPS) is 20.1. The van der Waals surface area contributed by atoms with Gasteiger partial charge in [0.1, 0.15) is 0 Å². The fourth-order valence-electron chi connectivity index (χ4n) is 1.75. The van der Waals surface area contributed by atoms with Crippen LogP contribution in [0.4, 0.5) is 5.13 Å². The quantitative estimate of drug-likeness (QED) is 0.864. The highest BCUT2D eigenvalue weighted by Gasteiger charge is 2.20. The van der Waals surface area contributed by atoms with E-state index in [1.165, 1.54) is 0 Å². The van der Waals surface area contributed by atoms with E-state index in [1.807, 2.05) is 6.92 Å². The molecule has 1 saturated heterocycles. The van der Waals surface area contributed by atoms with Crippen LogP contribution >= 0.6 is 11.3 Å². The van der Waals surface area contributed by atoms with Gasteiger partial charge in [-0.3, -0.25) is 4.21 Å². The fraction of sp³-hybridized carbons (Fsp3) is 0.700. The molecule has 0 spiro atoms. The van der Waals surface area contributed by atoms with Crippen molar-refractivity contribution in [2.45, 2.75) is 20.0 Å². The summed E-state index contributed by atoms with van der Waals surface area (Å²) in [7, 11) is -0.656. The Bertz CT molecular complexity index is 394. The maximum Gasteiger partial charge on any atom is 0.185 e. The molecule has 2 rings (SSSR count). The molecule has 0 radical (unpaired) electrons. The third-order valence-electron chi connectivity index (χ3n) is 2.65. The average molecular weight is 260 g/mol. The van der Waals surface area contributed by atoms with Gasteiger partial charge in [0.25, 0.3) is 0 Å². The minimum absolute atomic E-state index is 0.454. The van der Waals surface area contributed by atoms with Crippen LogP contribution in [-0.2, 0) is 10.8 Å². The molecule has 90 valence electrons. The third-order valence-corrected chi connectivity index (χ3v) is 5.31. The molecule has 1 aromatic heterocycles. The van der Waals surface area contributed by atoms with E-state index in [2.05, 4.69) is 9.88 Å². The highest BCUT2D eigenvalue weighted by Crippen LogP contribution is 2.30. The molecule has 1 N–H and O–H groups in total. The first-order valence-corrected chi connectivity index (χ1v) is 7.63. The molecule has 2 heterocycles. The van der Waals surface area contributed by atoms with Gasteiger partial charge in [-0.25, -0.2) is 4.98 Å². The van der Waals surface area contributed by atoms with Gasteiger partial charge in [0.05, 0.1) is 16.7 Å². The van der Waals surface area contributed by atoms with Gasteiger partial charge in [-0.1, -0.05) is 11.3 Å². The molecule has 1 atom stereocenters. The van der Waals surface area contributed by atoms with Crippen LogP contribution in [0.2, 0.25) is 0 Å². The second-order valence-corrected chi connectivity index (χ2v) is 6.66. The van der Waals surface area contributed by atoms with E-state index in [9.17, 15) is 9.32 Å². The maximum atomic E-state index is 11.2. The van der Waals surface area contributed by atoms with E-state index < -0.39 is 16.9 Å². The summed E-state index contributed by atoms with van der Waals surface area (Å²) in [6.07, 6.45) is -0.454. The molecule has 1 unspecified atom stereocenters. The van der Waals surface area contributed by atoms with E-state index in [1.54, 1.807) is 18.3 Å². The van der Waals surface area contributed by atoms with E-state index >= 15 is 0 Å². The van der Waals surface area contributed by atoms with Crippen molar-refractivity contribution < 1.29 is 9.32 Å². The summed E-state index contributed by atoms with van der Waals surface area (Å²) in [5.41, 5.74) is 0.904. The SMILES string of the molecule is Cc1nc(N2CCS(=O)CC2)sc1C(C)O. The van der Waals surface area contributed by atoms with Gasteiger partial charge >= 0.3 is 0 Å². The molecule has 16 heavy (non-hydrogen) atoms. The van der Waals surface area contributed by atoms with Gasteiger partial charge in [0.15, 0.2) is 5.13 Å². The van der Waals surface area contributed by atoms with Crippen molar-refractivity contribution in [2.75, 3.05) is 29.5 Å². The number of nitrogens with zero attached hydrogens (tertiary/aromatic N) is 2. The minimum atomic E-state index is -0.656. The molecule has 0 bridgehead atoms. The summed E-state index contributed by atoms with van der Waals surface area (Å²) in [5, 5.41) is 10.5. The third kappa shape index (κ3) is 2.44. The predicted octanol–water partition coefficient (Wildman–Crippen LogP) is 1.07. The summed E-state index contributed by atoms with van der Waals surface area (Å²) in [4.78, 5) is 7.56. The highest BCUT2D eigenvalue weighted by molar-refractivity contribution is 7.85. The Labute approximate surface area is 102 Å². The van der Waals surface area contributed by atoms with Gasteiger partial charge in [0, 0.05) is 35.4 Å². The van der Waals surface area contributed by atoms with Crippen molar-refractivity contribution in [1.82, 2.24) is 4.98 Å². The molecule has 4 nitrogen and oxygen atoms in total. The summed E-state index contributed by atoms with van der Waals surface area (Å²) in [6.45, 7) is 5.29. The Balaban J connectivity index is 2.15. The highest BCUT2D eigenvalue weighted by atomic mass is 32.2. The van der Waals surface area contributed by atoms with Crippen molar-refractivity contribution in [1.29, 1.82) is 0 Å². The molecule has 6 heteroatoms. The minimum Gasteiger partial charge on any atom is -0.388 e. The Kier molecular flexibility index (Phi) is 3.61. The van der Waals surface area contributed by atoms with Crippen LogP contribution in [0.1, 0.15) is 23.6 Å². The summed E-state index contributed by atoms with van der Waals surface area (Å²) >= 11 is 1.54. The average Bonchev–Trinajstić information content (AvgIpc) is 2.61. The lowest BCUT2D eigenvalue weighted by molar-refractivity contribution is 0.202. The topological polar surface area (TPSA) is 53.4 Å². The van der Waals surface area contributed by atoms with Gasteiger partial charge in [0.2, 0.25) is 0 Å². The van der Waals surface area contributed by atoms with Crippen LogP contribution < -0.4 is 4.90 Å². The number of aryl methyl sites for hydroxylation is 1. The zero-order valence-electron chi connectivity index (χ0n) is 9.47. The number of thiazole rings is 1. The van der Waals surface area contributed by atoms with Crippen molar-refractivity contribution in [3.8, 4) is 0 Å². The Morgan fingerprint density at radius 3 is 2.62 bits per heavy atom. The first-order valence-electron chi connectivity index (χ1n) is 5.33. The summed E-state index contributed by atoms with van der Waals surface area (Å²) < 4.78 is 11.2. The van der Waals surface area contributed by atoms with E-state index in [0.29, 0.717) is 0 Å². The smallest absolute Gasteiger partial charge is 0.185 e. The van der Waals surface area contributed by atoms with Crippen molar-refractivity contribution in [2.24, 2.45) is 0 Å². The molecule has 0 aliphatic carbocycles. The lowest BCUT2D eigenvalue weighted by Gasteiger charge is -2.25. The van der Waals surface area contributed by atoms with Gasteiger partial charge in [-0.2, -0.15) is 0 Å². The van der Waals surface area contributed by atoms with Crippen LogP contribution in [0, 0.1) is 6.92 Å². The number of aliphatic hydroxyl groups excluding tert-OH is 1. The summed E-state index contributed by atoms with van der Waals surface area (Å²) in [6, 6.07) is 0. The molecular formula is C10H16N2O2S2. The second-order valence-electron chi connectivity index (χ2n) is 3.96. The van der Waals surface area contributed by atoms with Crippen LogP contribution in [0.15, 0.2) is 0 Å². The number of aromatic nitrogens is 1. The monoisotopic (exact) mass is 260 g/mol. The second kappa shape index (κ2) is 4.81. The van der Waals surface area contributed by atoms with E-state index in [4.69, 9.17) is 0 Å². The predicted molar refractivity (Wildman–Crippen MR) is 67.6 cm³/mol. The van der Waals surface area contributed by atoms with E-state index in [-0.39, 0.29) is 0 Å². The standard InChI is InChI=1S/C10H16N2O2S2/c1-7-9(8(2)13)15-10(11-7)12-3-5-16(14)6-4-12/h8,13H,3-6H2,1-2H3. The number of hydrogen-bond acceptors (Lipinski definition) is 5. The van der Waals surface area contributed by atoms with Crippen LogP contribution in [0.25, 0.3) is 0 Å². The Hall–Kier alpha value is -0.460. The maximum absolute atomic E-state index is 11.2. The molecule has 1 fully saturated rings. The number of aliphatic hydroxyl groups is 1. The van der Waals surface area contributed by atoms with Crippen LogP contribution in [-0.4, -0.2) is 38.9 Å². The van der Waals surface area contributed by atoms with E-state index in [0.717, 1.165) is 40.3 Å². The molecule has 0 amide bonds. The first-order chi connectivity index (χ1) is 7.58. The molecular weight excluding hydrogens is 244 g/mol. The number of hydrogen-bond donors (Lipinski definition) is 1. The molecule has 1 aliphatic rings. The Morgan fingerprint density at radius 1 is 1.50 bits per heavy atom. The zero-order valence-corrected chi connectivity index (χ0v) is 11.1. The molecule has 1 aliphatic heterocycles. The lowest BCUT2D eigenvalue weighted by atomic mass is 10.3. The van der Waals surface area contributed by atoms with Crippen LogP contribution in [0.3, 0.4) is 0 Å². The van der Waals surface area contributed by atoms with Crippen molar-refractivity contribution in [3.63, 3.8) is 0 Å². The zero-order chi connectivity index (χ0) is 11.7. The lowest BCUT2D eigenvalue weighted by Crippen LogP contribution is -2.37. The molecule has 0 aromatic carbocycles. The van der Waals surface area contributed by atoms with Gasteiger partial charge in [-0.05, 0) is 13.8 Å². The summed E-state index contributed by atoms with van der Waals surface area (Å²) in [5.74, 6) is 1.45. The van der Waals surface area contributed by atoms with Crippen molar-refractivity contribution >= 4 is 27.3 Å². The van der Waals surface area contributed by atoms with Crippen molar-refractivity contribution in [3.05, 3.63) is 10.6 Å². The first kappa shape index (κ1) is 12.0. The Morgan fingerprint density at radius 2 is 2.12 bits per heavy atom. The number of anilines is 1. The molecule has 1 aromatic rings. The van der Waals surface area contributed by atoms with Gasteiger partial charge < -0.3 is 10.0 Å². The van der Waals surface area contributed by atoms with Crippen LogP contribution in [0.5, 0.6) is 0 Å². The number of rotatable bonds is 2.